The minimum atomic E-state index is -2.27. The molecule has 4 aliphatic rings. The maximum Gasteiger partial charge on any atom is 0.338 e. The molecule has 4 fully saturated rings. The molecule has 0 unspecified atom stereocenters. The fourth-order valence-electron chi connectivity index (χ4n) is 14.9. The summed E-state index contributed by atoms with van der Waals surface area (Å²) in [5.41, 5.74) is 1.79. The van der Waals surface area contributed by atoms with Crippen LogP contribution in [0.4, 0.5) is 0 Å². The number of hydrogen-bond donors (Lipinski definition) is 1. The maximum atomic E-state index is 15.8. The SMILES string of the molecule is CC(=O)N[C@H]1[C@H](O[C@H]2[C@@H](OCc3ccccc3)[C@@H](COCc3ccccc3)O[C@H](O[C@@H]3[C@H](OC(=O)c4ccccc4)[C@@H](OC(=O)c4ccccc4)[C@H](O[C@H]4[C@H](OC(=O)c5ccccc5)[C@@H](OC(=O)c5ccccc5)[C@H](OCCBr)O[C@@H]4COC(=O)c4ccccc4)O[C@@H]3COC(=O)c3ccccc3)[C@@H]2OCc2ccccc2)O[C@H](COC(C)=O)[C@H](OC(C)=O)[C@@H]1OC(C)=O. The number of ether oxygens (including phenoxy) is 20. The van der Waals surface area contributed by atoms with Crippen molar-refractivity contribution >= 4 is 75.6 Å². The molecule has 9 aromatic carbocycles. The van der Waals surface area contributed by atoms with Gasteiger partial charge in [-0.2, -0.15) is 0 Å². The Kier molecular flexibility index (Phi) is 34.5. The van der Waals surface area contributed by atoms with E-state index < -0.39 is 209 Å². The van der Waals surface area contributed by atoms with Gasteiger partial charge in [0, 0.05) is 33.0 Å². The van der Waals surface area contributed by atoms with E-state index in [1.807, 2.05) is 30.3 Å². The zero-order chi connectivity index (χ0) is 90.5. The average Bonchev–Trinajstić information content (AvgIpc) is 0.750. The van der Waals surface area contributed by atoms with Crippen molar-refractivity contribution in [2.45, 2.75) is 170 Å². The summed E-state index contributed by atoms with van der Waals surface area (Å²) in [7, 11) is 0. The summed E-state index contributed by atoms with van der Waals surface area (Å²) in [5, 5.41) is 2.95. The van der Waals surface area contributed by atoms with Gasteiger partial charge in [0.2, 0.25) is 5.91 Å². The molecule has 129 heavy (non-hydrogen) atoms. The topological polar surface area (TPSA) is 367 Å². The minimum absolute atomic E-state index is 0.0178. The summed E-state index contributed by atoms with van der Waals surface area (Å²) in [6.07, 6.45) is -35.1. The lowest BCUT2D eigenvalue weighted by Gasteiger charge is -2.52. The van der Waals surface area contributed by atoms with Gasteiger partial charge in [-0.05, 0) is 89.5 Å². The lowest BCUT2D eigenvalue weighted by molar-refractivity contribution is -0.390. The van der Waals surface area contributed by atoms with E-state index >= 15 is 14.4 Å². The number of carbonyl (C=O) groups excluding carboxylic acids is 10. The van der Waals surface area contributed by atoms with Crippen LogP contribution in [0.2, 0.25) is 0 Å². The highest BCUT2D eigenvalue weighted by atomic mass is 79.9. The first-order chi connectivity index (χ1) is 62.7. The first-order valence-electron chi connectivity index (χ1n) is 41.6. The van der Waals surface area contributed by atoms with E-state index in [0.29, 0.717) is 16.7 Å². The molecule has 0 spiro atoms. The molecular formula is C97H96BrNO30. The number of carbonyl (C=O) groups is 10. The molecule has 0 aromatic heterocycles. The van der Waals surface area contributed by atoms with Crippen molar-refractivity contribution in [2.24, 2.45) is 0 Å². The number of nitrogens with one attached hydrogen (secondary N) is 1. The number of esters is 9. The Morgan fingerprint density at radius 1 is 0.279 bits per heavy atom. The molecular weight excluding hydrogens is 1740 g/mol. The van der Waals surface area contributed by atoms with Crippen molar-refractivity contribution in [1.82, 2.24) is 5.32 Å². The quantitative estimate of drug-likeness (QED) is 0.0213. The molecule has 0 bridgehead atoms. The maximum absolute atomic E-state index is 15.8. The molecule has 676 valence electrons. The van der Waals surface area contributed by atoms with Gasteiger partial charge >= 0.3 is 53.7 Å². The molecule has 0 aliphatic carbocycles. The Morgan fingerprint density at radius 2 is 0.589 bits per heavy atom. The Hall–Kier alpha value is -12.3. The second-order valence-electron chi connectivity index (χ2n) is 30.1. The molecule has 1 amide bonds. The molecule has 20 atom stereocenters. The first kappa shape index (κ1) is 94.3. The van der Waals surface area contributed by atoms with Crippen LogP contribution in [0.3, 0.4) is 0 Å². The van der Waals surface area contributed by atoms with E-state index in [9.17, 15) is 33.6 Å². The van der Waals surface area contributed by atoms with Crippen molar-refractivity contribution in [3.8, 4) is 0 Å². The zero-order valence-corrected chi connectivity index (χ0v) is 72.1. The van der Waals surface area contributed by atoms with E-state index in [1.165, 1.54) is 72.8 Å². The second kappa shape index (κ2) is 47.2. The molecule has 13 rings (SSSR count). The molecule has 32 heteroatoms. The number of alkyl halides is 1. The Morgan fingerprint density at radius 3 is 0.977 bits per heavy atom. The third kappa shape index (κ3) is 26.3. The number of halogens is 1. The van der Waals surface area contributed by atoms with Crippen molar-refractivity contribution in [1.29, 1.82) is 0 Å². The zero-order valence-electron chi connectivity index (χ0n) is 70.5. The second-order valence-corrected chi connectivity index (χ2v) is 30.9. The highest BCUT2D eigenvalue weighted by molar-refractivity contribution is 9.09. The molecule has 4 aliphatic heterocycles. The van der Waals surface area contributed by atoms with Gasteiger partial charge < -0.3 is 100 Å². The fraction of sp³-hybridized carbons (Fsp3) is 0.340. The molecule has 0 saturated carbocycles. The van der Waals surface area contributed by atoms with Gasteiger partial charge in [-0.3, -0.25) is 19.2 Å². The summed E-state index contributed by atoms with van der Waals surface area (Å²) >= 11 is 3.42. The first-order valence-corrected chi connectivity index (χ1v) is 42.8. The van der Waals surface area contributed by atoms with Crippen LogP contribution in [0.25, 0.3) is 0 Å². The van der Waals surface area contributed by atoms with Gasteiger partial charge in [0.1, 0.15) is 80.8 Å². The Labute approximate surface area is 751 Å². The number of amides is 1. The van der Waals surface area contributed by atoms with Crippen molar-refractivity contribution in [3.05, 3.63) is 323 Å². The fourth-order valence-corrected chi connectivity index (χ4v) is 15.1. The van der Waals surface area contributed by atoms with Gasteiger partial charge in [0.05, 0.1) is 66.4 Å². The lowest BCUT2D eigenvalue weighted by atomic mass is 9.94. The van der Waals surface area contributed by atoms with Crippen LogP contribution in [-0.2, 0) is 134 Å². The molecule has 9 aromatic rings. The van der Waals surface area contributed by atoms with E-state index in [-0.39, 0.29) is 65.1 Å². The van der Waals surface area contributed by atoms with Crippen LogP contribution < -0.4 is 5.32 Å². The normalized spacial score (nSPS) is 25.3. The van der Waals surface area contributed by atoms with Crippen molar-refractivity contribution in [2.75, 3.05) is 38.4 Å². The van der Waals surface area contributed by atoms with Gasteiger partial charge in [-0.15, -0.1) is 0 Å². The van der Waals surface area contributed by atoms with E-state index in [2.05, 4.69) is 21.2 Å². The minimum Gasteiger partial charge on any atom is -0.463 e. The van der Waals surface area contributed by atoms with Crippen LogP contribution in [0.15, 0.2) is 273 Å². The average molecular weight is 1840 g/mol. The summed E-state index contributed by atoms with van der Waals surface area (Å²) in [4.78, 5) is 144. The van der Waals surface area contributed by atoms with Crippen LogP contribution >= 0.6 is 15.9 Å². The smallest absolute Gasteiger partial charge is 0.338 e. The van der Waals surface area contributed by atoms with Crippen molar-refractivity contribution in [3.63, 3.8) is 0 Å². The highest BCUT2D eigenvalue weighted by Crippen LogP contribution is 2.42. The summed E-state index contributed by atoms with van der Waals surface area (Å²) in [6.45, 7) is 0.916. The van der Waals surface area contributed by atoms with Gasteiger partial charge in [0.15, 0.2) is 61.8 Å². The summed E-state index contributed by atoms with van der Waals surface area (Å²) < 4.78 is 135. The molecule has 4 saturated heterocycles. The van der Waals surface area contributed by atoms with Crippen LogP contribution in [-0.4, -0.2) is 221 Å². The van der Waals surface area contributed by atoms with E-state index in [1.54, 1.807) is 170 Å². The molecule has 0 radical (unpaired) electrons. The number of benzene rings is 9. The summed E-state index contributed by atoms with van der Waals surface area (Å²) in [5.74, 6) is -9.45. The number of rotatable bonds is 38. The predicted molar refractivity (Wildman–Crippen MR) is 457 cm³/mol. The van der Waals surface area contributed by atoms with Crippen molar-refractivity contribution < 1.29 is 143 Å². The number of hydrogen-bond acceptors (Lipinski definition) is 30. The highest BCUT2D eigenvalue weighted by Gasteiger charge is 2.62. The predicted octanol–water partition coefficient (Wildman–Crippen LogP) is 11.4. The van der Waals surface area contributed by atoms with Gasteiger partial charge in [0.25, 0.3) is 0 Å². The molecule has 31 nitrogen and oxygen atoms in total. The monoisotopic (exact) mass is 1830 g/mol. The van der Waals surface area contributed by atoms with Crippen LogP contribution in [0, 0.1) is 0 Å². The largest absolute Gasteiger partial charge is 0.463 e. The Bertz CT molecular complexity index is 5120. The third-order valence-electron chi connectivity index (χ3n) is 20.8. The summed E-state index contributed by atoms with van der Waals surface area (Å²) in [6, 6.07) is 71.6. The van der Waals surface area contributed by atoms with Gasteiger partial charge in [-0.25, -0.2) is 28.8 Å². The third-order valence-corrected chi connectivity index (χ3v) is 21.2. The van der Waals surface area contributed by atoms with E-state index in [4.69, 9.17) is 94.7 Å². The van der Waals surface area contributed by atoms with E-state index in [0.717, 1.165) is 27.7 Å². The standard InChI is InChI=1S/C97H96BrNO30/c1-59(100)99-76-81(118-62(4)103)78(117-61(3)102)73(56-112-60(2)101)119-94(76)129-82-77(113-53-64-34-16-6-17-35-64)72(55-110-52-63-32-14-5-15-33-63)121-96(85(82)114-54-65-36-18-7-19-37-65)127-80-75(58-116-89(105)67-40-22-9-23-41-67)122-97(87(126-93(109)71-48-30-13-31-49-71)84(80)124-91(107)69-44-26-11-27-45-69)128-79-74(57-115-88(104)66-38-20-8-21-39-66)120-95(111-51-50-98)86(125-92(108)70-46-28-12-29-47-70)83(79)123-90(106)68-42-24-10-25-43-68/h5-49,72-87,94-97H,50-58H2,1-4H3,(H,99,100)/t72-,73-,74-,75-,76-,77+,78+,79-,80+,81-,82+,83+,84+,85-,86-,87-,94+,95-,96-,97+/m1/s1. The van der Waals surface area contributed by atoms with Crippen LogP contribution in [0.1, 0.15) is 107 Å². The molecule has 4 heterocycles. The van der Waals surface area contributed by atoms with Crippen LogP contribution in [0.5, 0.6) is 0 Å². The van der Waals surface area contributed by atoms with Gasteiger partial charge in [-0.1, -0.05) is 216 Å². The Balaban J connectivity index is 1.03. The lowest BCUT2D eigenvalue weighted by Crippen LogP contribution is -2.70. The molecule has 1 N–H and O–H groups in total.